The van der Waals surface area contributed by atoms with Crippen molar-refractivity contribution in [3.8, 4) is 5.75 Å². The van der Waals surface area contributed by atoms with Crippen LogP contribution in [0.5, 0.6) is 5.75 Å². The van der Waals surface area contributed by atoms with Crippen LogP contribution in [0.15, 0.2) is 27.8 Å². The van der Waals surface area contributed by atoms with E-state index < -0.39 is 0 Å². The molecule has 2 amide bonds. The Morgan fingerprint density at radius 2 is 1.77 bits per heavy atom. The van der Waals surface area contributed by atoms with Crippen LogP contribution in [-0.4, -0.2) is 29.7 Å². The molecule has 0 heterocycles. The van der Waals surface area contributed by atoms with Gasteiger partial charge in [-0.3, -0.25) is 9.59 Å². The predicted octanol–water partition coefficient (Wildman–Crippen LogP) is 4.10. The Kier molecular flexibility index (Phi) is 6.19. The molecule has 2 N–H and O–H groups in total. The molecule has 1 aromatic rings. The number of hydrazone groups is 1. The van der Waals surface area contributed by atoms with Crippen molar-refractivity contribution in [2.24, 2.45) is 22.9 Å². The van der Waals surface area contributed by atoms with Crippen LogP contribution in [0.3, 0.4) is 0 Å². The maximum absolute atomic E-state index is 12.6. The minimum absolute atomic E-state index is 0.00596. The van der Waals surface area contributed by atoms with Crippen LogP contribution in [0.1, 0.15) is 57.4 Å². The van der Waals surface area contributed by atoms with E-state index in [4.69, 9.17) is 4.74 Å². The quantitative estimate of drug-likeness (QED) is 0.459. The summed E-state index contributed by atoms with van der Waals surface area (Å²) in [5.74, 6) is 2.66. The maximum Gasteiger partial charge on any atom is 0.277 e. The number of carbonyl (C=O) groups is 2. The number of nitrogens with zero attached hydrogens (tertiary/aromatic N) is 1. The van der Waals surface area contributed by atoms with E-state index in [1.54, 1.807) is 13.0 Å². The van der Waals surface area contributed by atoms with Crippen LogP contribution < -0.4 is 15.5 Å². The van der Waals surface area contributed by atoms with Crippen molar-refractivity contribution in [1.82, 2.24) is 10.7 Å². The number of nitrogens with one attached hydrogen (secondary N) is 2. The SMILES string of the molecule is C/C(CC(=O)NC12CC3CC(CC(C3)C1)C2)=N/NC(=O)COc1ccc(Br)c(C)c1. The molecule has 4 fully saturated rings. The fourth-order valence-corrected chi connectivity index (χ4v) is 6.17. The van der Waals surface area contributed by atoms with Crippen LogP contribution in [-0.2, 0) is 9.59 Å². The van der Waals surface area contributed by atoms with E-state index in [0.29, 0.717) is 11.5 Å². The highest BCUT2D eigenvalue weighted by atomic mass is 79.9. The normalized spacial score (nSPS) is 29.6. The molecule has 4 bridgehead atoms. The van der Waals surface area contributed by atoms with Crippen LogP contribution in [0.2, 0.25) is 0 Å². The van der Waals surface area contributed by atoms with Gasteiger partial charge in [-0.1, -0.05) is 15.9 Å². The number of ether oxygens (including phenoxy) is 1. The molecule has 0 unspecified atom stereocenters. The van der Waals surface area contributed by atoms with Crippen molar-refractivity contribution in [2.45, 2.75) is 64.3 Å². The molecular weight excluding hydrogens is 446 g/mol. The van der Waals surface area contributed by atoms with Gasteiger partial charge in [0.1, 0.15) is 5.75 Å². The summed E-state index contributed by atoms with van der Waals surface area (Å²) in [5.41, 5.74) is 4.11. The van der Waals surface area contributed by atoms with Gasteiger partial charge in [-0.25, -0.2) is 5.43 Å². The molecule has 0 radical (unpaired) electrons. The Hall–Kier alpha value is -1.89. The van der Waals surface area contributed by atoms with Crippen LogP contribution in [0.4, 0.5) is 0 Å². The number of amides is 2. The molecule has 0 aliphatic heterocycles. The van der Waals surface area contributed by atoms with Gasteiger partial charge in [-0.05, 0) is 93.9 Å². The second-order valence-electron chi connectivity index (χ2n) is 9.50. The first-order valence-corrected chi connectivity index (χ1v) is 11.6. The highest BCUT2D eigenvalue weighted by Crippen LogP contribution is 2.55. The lowest BCUT2D eigenvalue weighted by Gasteiger charge is -2.56. The second-order valence-corrected chi connectivity index (χ2v) is 10.4. The second kappa shape index (κ2) is 8.69. The Labute approximate surface area is 186 Å². The van der Waals surface area contributed by atoms with Gasteiger partial charge < -0.3 is 10.1 Å². The third kappa shape index (κ3) is 5.05. The summed E-state index contributed by atoms with van der Waals surface area (Å²) in [7, 11) is 0. The standard InChI is InChI=1S/C23H30BrN3O3/c1-14-5-19(3-4-20(14)24)30-13-22(29)27-26-15(2)6-21(28)25-23-10-16-7-17(11-23)9-18(8-16)12-23/h3-5,16-18H,6-13H2,1-2H3,(H,25,28)(H,27,29)/b26-15-. The molecule has 30 heavy (non-hydrogen) atoms. The lowest BCUT2D eigenvalue weighted by molar-refractivity contribution is -0.126. The number of rotatable bonds is 7. The average molecular weight is 476 g/mol. The van der Waals surface area contributed by atoms with Crippen LogP contribution in [0.25, 0.3) is 0 Å². The summed E-state index contributed by atoms with van der Waals surface area (Å²) in [6, 6.07) is 5.54. The third-order valence-electron chi connectivity index (χ3n) is 6.73. The lowest BCUT2D eigenvalue weighted by Crippen LogP contribution is -2.60. The minimum atomic E-state index is -0.351. The van der Waals surface area contributed by atoms with E-state index in [0.717, 1.165) is 47.1 Å². The number of carbonyl (C=O) groups excluding carboxylic acids is 2. The van der Waals surface area contributed by atoms with Crippen molar-refractivity contribution in [3.63, 3.8) is 0 Å². The third-order valence-corrected chi connectivity index (χ3v) is 7.62. The van der Waals surface area contributed by atoms with Gasteiger partial charge >= 0.3 is 0 Å². The number of hydrogen-bond acceptors (Lipinski definition) is 4. The van der Waals surface area contributed by atoms with Gasteiger partial charge in [0.05, 0.1) is 6.42 Å². The van der Waals surface area contributed by atoms with Gasteiger partial charge in [0.2, 0.25) is 5.91 Å². The van der Waals surface area contributed by atoms with Gasteiger partial charge in [0.25, 0.3) is 5.91 Å². The molecule has 0 aromatic heterocycles. The van der Waals surface area contributed by atoms with Gasteiger partial charge in [-0.15, -0.1) is 0 Å². The maximum atomic E-state index is 12.6. The van der Waals surface area contributed by atoms with Crippen molar-refractivity contribution < 1.29 is 14.3 Å². The average Bonchev–Trinajstić information content (AvgIpc) is 2.65. The van der Waals surface area contributed by atoms with E-state index in [9.17, 15) is 9.59 Å². The lowest BCUT2D eigenvalue weighted by atomic mass is 9.53. The Balaban J connectivity index is 1.22. The summed E-state index contributed by atoms with van der Waals surface area (Å²) in [4.78, 5) is 24.6. The molecule has 1 aromatic carbocycles. The number of halogens is 1. The molecular formula is C23H30BrN3O3. The first kappa shape index (κ1) is 21.3. The highest BCUT2D eigenvalue weighted by Gasteiger charge is 2.51. The van der Waals surface area contributed by atoms with E-state index >= 15 is 0 Å². The summed E-state index contributed by atoms with van der Waals surface area (Å²) < 4.78 is 6.49. The van der Waals surface area contributed by atoms with Gasteiger partial charge in [-0.2, -0.15) is 5.10 Å². The van der Waals surface area contributed by atoms with Crippen LogP contribution >= 0.6 is 15.9 Å². The van der Waals surface area contributed by atoms with Crippen molar-refractivity contribution in [1.29, 1.82) is 0 Å². The molecule has 162 valence electrons. The van der Waals surface area contributed by atoms with Gasteiger partial charge in [0.15, 0.2) is 6.61 Å². The molecule has 0 atom stereocenters. The van der Waals surface area contributed by atoms with Gasteiger partial charge in [0, 0.05) is 15.7 Å². The smallest absolute Gasteiger partial charge is 0.277 e. The van der Waals surface area contributed by atoms with Crippen molar-refractivity contribution in [2.75, 3.05) is 6.61 Å². The molecule has 0 saturated heterocycles. The zero-order chi connectivity index (χ0) is 21.3. The highest BCUT2D eigenvalue weighted by molar-refractivity contribution is 9.10. The van der Waals surface area contributed by atoms with E-state index in [1.165, 1.54) is 19.3 Å². The van der Waals surface area contributed by atoms with Crippen molar-refractivity contribution >= 4 is 33.5 Å². The Bertz CT molecular complexity index is 832. The van der Waals surface area contributed by atoms with Crippen molar-refractivity contribution in [3.05, 3.63) is 28.2 Å². The molecule has 6 nitrogen and oxygen atoms in total. The fraction of sp³-hybridized carbons (Fsp3) is 0.609. The monoisotopic (exact) mass is 475 g/mol. The largest absolute Gasteiger partial charge is 0.484 e. The molecule has 0 spiro atoms. The number of hydrogen-bond donors (Lipinski definition) is 2. The molecule has 4 aliphatic carbocycles. The van der Waals surface area contributed by atoms with Crippen LogP contribution in [0, 0.1) is 24.7 Å². The molecule has 7 heteroatoms. The minimum Gasteiger partial charge on any atom is -0.484 e. The molecule has 5 rings (SSSR count). The zero-order valence-electron chi connectivity index (χ0n) is 17.7. The summed E-state index contributed by atoms with van der Waals surface area (Å²) in [6.07, 6.45) is 7.64. The van der Waals surface area contributed by atoms with E-state index in [1.807, 2.05) is 19.1 Å². The predicted molar refractivity (Wildman–Crippen MR) is 119 cm³/mol. The first-order valence-electron chi connectivity index (χ1n) is 10.8. The Morgan fingerprint density at radius 3 is 2.37 bits per heavy atom. The first-order chi connectivity index (χ1) is 14.3. The summed E-state index contributed by atoms with van der Waals surface area (Å²) >= 11 is 3.43. The molecule has 4 saturated carbocycles. The molecule has 4 aliphatic rings. The number of aryl methyl sites for hydroxylation is 1. The summed E-state index contributed by atoms with van der Waals surface area (Å²) in [5, 5.41) is 7.41. The van der Waals surface area contributed by atoms with E-state index in [-0.39, 0.29) is 30.4 Å². The topological polar surface area (TPSA) is 79.8 Å². The fourth-order valence-electron chi connectivity index (χ4n) is 5.92. The number of benzene rings is 1. The van der Waals surface area contributed by atoms with E-state index in [2.05, 4.69) is 31.8 Å². The summed E-state index contributed by atoms with van der Waals surface area (Å²) in [6.45, 7) is 3.59. The zero-order valence-corrected chi connectivity index (χ0v) is 19.3. The Morgan fingerprint density at radius 1 is 1.13 bits per heavy atom.